The number of methoxy groups -OCH3 is 1. The topological polar surface area (TPSA) is 173 Å². The first-order valence-corrected chi connectivity index (χ1v) is 16.0. The van der Waals surface area contributed by atoms with Crippen molar-refractivity contribution in [3.63, 3.8) is 0 Å². The molecular formula is C35H43NO10. The maximum atomic E-state index is 13.8. The summed E-state index contributed by atoms with van der Waals surface area (Å²) in [5.41, 5.74) is -1.50. The highest BCUT2D eigenvalue weighted by Crippen LogP contribution is 2.66. The third kappa shape index (κ3) is 6.01. The summed E-state index contributed by atoms with van der Waals surface area (Å²) in [5, 5.41) is 23.8. The average molecular weight is 638 g/mol. The number of allylic oxidation sites excluding steroid dienone is 1. The number of benzene rings is 1. The molecule has 0 bridgehead atoms. The number of carbonyl (C=O) groups is 6. The molecule has 4 aliphatic rings. The SMILES string of the molecule is COC(=O)[C@@H](Cc1ccc(O)cc1)NC(=O)CCC(=O)OCC(=O)[C@@]1(O)CC[C@H]2[C@@H]3CCC4=CC(=O)CC[C@]4(C)[C@H]3C(=O)C[C@@]21C. The summed E-state index contributed by atoms with van der Waals surface area (Å²) in [6, 6.07) is 5.11. The van der Waals surface area contributed by atoms with Crippen LogP contribution in [0.15, 0.2) is 35.9 Å². The first-order chi connectivity index (χ1) is 21.7. The van der Waals surface area contributed by atoms with Crippen LogP contribution in [0.5, 0.6) is 5.75 Å². The third-order valence-electron chi connectivity index (χ3n) is 11.4. The average Bonchev–Trinajstić information content (AvgIpc) is 3.29. The summed E-state index contributed by atoms with van der Waals surface area (Å²) in [6.45, 7) is 3.21. The van der Waals surface area contributed by atoms with E-state index in [0.29, 0.717) is 24.8 Å². The molecule has 0 aromatic heterocycles. The largest absolute Gasteiger partial charge is 0.508 e. The molecular weight excluding hydrogens is 594 g/mol. The molecule has 3 saturated carbocycles. The Morgan fingerprint density at radius 3 is 2.43 bits per heavy atom. The Morgan fingerprint density at radius 1 is 1.02 bits per heavy atom. The van der Waals surface area contributed by atoms with E-state index in [-0.39, 0.29) is 72.6 Å². The molecule has 0 radical (unpaired) electrons. The number of esters is 2. The van der Waals surface area contributed by atoms with Crippen molar-refractivity contribution >= 4 is 35.2 Å². The quantitative estimate of drug-likeness (QED) is 0.324. The van der Waals surface area contributed by atoms with Crippen LogP contribution in [-0.2, 0) is 44.7 Å². The number of fused-ring (bicyclic) bond motifs is 5. The van der Waals surface area contributed by atoms with Gasteiger partial charge in [0.1, 0.15) is 23.2 Å². The number of hydrogen-bond acceptors (Lipinski definition) is 10. The van der Waals surface area contributed by atoms with Gasteiger partial charge in [-0.05, 0) is 73.1 Å². The zero-order chi connectivity index (χ0) is 33.4. The number of ether oxygens (including phenoxy) is 2. The predicted octanol–water partition coefficient (Wildman–Crippen LogP) is 2.93. The van der Waals surface area contributed by atoms with E-state index < -0.39 is 47.3 Å². The second kappa shape index (κ2) is 12.7. The maximum Gasteiger partial charge on any atom is 0.328 e. The van der Waals surface area contributed by atoms with Gasteiger partial charge in [-0.2, -0.15) is 0 Å². The number of phenolic OH excluding ortho intramolecular Hbond substituents is 1. The molecule has 4 aliphatic carbocycles. The Bertz CT molecular complexity index is 1470. The summed E-state index contributed by atoms with van der Waals surface area (Å²) in [4.78, 5) is 76.7. The lowest BCUT2D eigenvalue weighted by Crippen LogP contribution is -2.61. The van der Waals surface area contributed by atoms with Crippen LogP contribution in [0.3, 0.4) is 0 Å². The van der Waals surface area contributed by atoms with Crippen LogP contribution in [0.25, 0.3) is 0 Å². The fraction of sp³-hybridized carbons (Fsp3) is 0.600. The number of hydrogen-bond donors (Lipinski definition) is 3. The number of amides is 1. The molecule has 0 heterocycles. The smallest absolute Gasteiger partial charge is 0.328 e. The fourth-order valence-electron chi connectivity index (χ4n) is 8.87. The number of Topliss-reactive ketones (excluding diaryl/α,β-unsaturated/α-hetero) is 2. The van der Waals surface area contributed by atoms with Gasteiger partial charge in [0.15, 0.2) is 12.4 Å². The van der Waals surface area contributed by atoms with Crippen LogP contribution in [-0.4, -0.2) is 70.8 Å². The predicted molar refractivity (Wildman–Crippen MR) is 163 cm³/mol. The lowest BCUT2D eigenvalue weighted by atomic mass is 9.46. The highest BCUT2D eigenvalue weighted by molar-refractivity contribution is 5.95. The lowest BCUT2D eigenvalue weighted by Gasteiger charge is -2.57. The summed E-state index contributed by atoms with van der Waals surface area (Å²) in [5.74, 6) is -2.90. The van der Waals surface area contributed by atoms with E-state index in [1.54, 1.807) is 25.1 Å². The number of aliphatic hydroxyl groups is 1. The molecule has 3 fully saturated rings. The van der Waals surface area contributed by atoms with Crippen LogP contribution < -0.4 is 5.32 Å². The van der Waals surface area contributed by atoms with Crippen molar-refractivity contribution in [1.29, 1.82) is 0 Å². The van der Waals surface area contributed by atoms with Gasteiger partial charge in [0.05, 0.1) is 13.5 Å². The zero-order valence-electron chi connectivity index (χ0n) is 26.6. The van der Waals surface area contributed by atoms with Gasteiger partial charge >= 0.3 is 11.9 Å². The molecule has 1 aromatic carbocycles. The Hall–Kier alpha value is -3.86. The summed E-state index contributed by atoms with van der Waals surface area (Å²) in [6.07, 6.45) is 4.43. The van der Waals surface area contributed by atoms with E-state index in [2.05, 4.69) is 12.2 Å². The summed E-state index contributed by atoms with van der Waals surface area (Å²) in [7, 11) is 1.19. The minimum absolute atomic E-state index is 0.00709. The van der Waals surface area contributed by atoms with Gasteiger partial charge in [-0.25, -0.2) is 4.79 Å². The first kappa shape index (κ1) is 33.5. The van der Waals surface area contributed by atoms with E-state index in [1.807, 2.05) is 0 Å². The molecule has 0 unspecified atom stereocenters. The molecule has 0 spiro atoms. The highest BCUT2D eigenvalue weighted by Gasteiger charge is 2.68. The zero-order valence-corrected chi connectivity index (χ0v) is 26.6. The fourth-order valence-corrected chi connectivity index (χ4v) is 8.87. The van der Waals surface area contributed by atoms with Crippen LogP contribution in [0.1, 0.15) is 77.2 Å². The van der Waals surface area contributed by atoms with Crippen molar-refractivity contribution in [3.8, 4) is 5.75 Å². The second-order valence-corrected chi connectivity index (χ2v) is 13.9. The number of phenols is 1. The molecule has 46 heavy (non-hydrogen) atoms. The number of ketones is 3. The molecule has 3 N–H and O–H groups in total. The van der Waals surface area contributed by atoms with Crippen molar-refractivity contribution < 1.29 is 48.5 Å². The Labute approximate surface area is 268 Å². The Balaban J connectivity index is 1.16. The van der Waals surface area contributed by atoms with Crippen molar-refractivity contribution in [1.82, 2.24) is 5.32 Å². The molecule has 5 rings (SSSR count). The summed E-state index contributed by atoms with van der Waals surface area (Å²) >= 11 is 0. The Morgan fingerprint density at radius 2 is 1.74 bits per heavy atom. The van der Waals surface area contributed by atoms with Gasteiger partial charge in [0, 0.05) is 37.0 Å². The van der Waals surface area contributed by atoms with E-state index in [1.165, 1.54) is 19.2 Å². The molecule has 0 saturated heterocycles. The normalized spacial score (nSPS) is 32.3. The van der Waals surface area contributed by atoms with Gasteiger partial charge < -0.3 is 25.0 Å². The van der Waals surface area contributed by atoms with Crippen molar-refractivity contribution in [2.75, 3.05) is 13.7 Å². The maximum absolute atomic E-state index is 13.8. The van der Waals surface area contributed by atoms with Gasteiger partial charge in [0.25, 0.3) is 0 Å². The minimum atomic E-state index is -1.84. The molecule has 7 atom stereocenters. The van der Waals surface area contributed by atoms with Crippen LogP contribution in [0.4, 0.5) is 0 Å². The second-order valence-electron chi connectivity index (χ2n) is 13.9. The molecule has 0 aliphatic heterocycles. The van der Waals surface area contributed by atoms with Gasteiger partial charge in [-0.1, -0.05) is 31.6 Å². The van der Waals surface area contributed by atoms with E-state index in [4.69, 9.17) is 9.47 Å². The number of carbonyl (C=O) groups excluding carboxylic acids is 6. The molecule has 11 nitrogen and oxygen atoms in total. The van der Waals surface area contributed by atoms with Crippen molar-refractivity contribution in [2.45, 2.75) is 89.7 Å². The third-order valence-corrected chi connectivity index (χ3v) is 11.4. The number of aromatic hydroxyl groups is 1. The number of nitrogens with one attached hydrogen (secondary N) is 1. The van der Waals surface area contributed by atoms with Crippen LogP contribution in [0.2, 0.25) is 0 Å². The van der Waals surface area contributed by atoms with Crippen molar-refractivity contribution in [3.05, 3.63) is 41.5 Å². The standard InChI is InChI=1S/C35H43NO10/c1-33-14-12-23(38)17-21(33)6-9-24-25-13-15-35(44,34(25,2)18-27(39)31(24)33)28(40)19-46-30(42)11-10-29(41)36-26(32(43)45-3)16-20-4-7-22(37)8-5-20/h4-5,7-8,17,24-26,31,37,44H,6,9-16,18-19H2,1-3H3,(H,36,41)/t24-,25-,26+,31+,33-,34-,35-/m0/s1. The molecule has 1 aromatic rings. The van der Waals surface area contributed by atoms with Crippen molar-refractivity contribution in [2.24, 2.45) is 28.6 Å². The number of rotatable bonds is 10. The first-order valence-electron chi connectivity index (χ1n) is 16.0. The Kier molecular flexibility index (Phi) is 9.28. The van der Waals surface area contributed by atoms with Crippen LogP contribution >= 0.6 is 0 Å². The van der Waals surface area contributed by atoms with Gasteiger partial charge in [-0.15, -0.1) is 0 Å². The monoisotopic (exact) mass is 637 g/mol. The highest BCUT2D eigenvalue weighted by atomic mass is 16.5. The molecule has 1 amide bonds. The lowest BCUT2D eigenvalue weighted by molar-refractivity contribution is -0.173. The minimum Gasteiger partial charge on any atom is -0.508 e. The van der Waals surface area contributed by atoms with E-state index in [9.17, 15) is 39.0 Å². The molecule has 248 valence electrons. The molecule has 11 heteroatoms. The van der Waals surface area contributed by atoms with Gasteiger partial charge in [-0.3, -0.25) is 24.0 Å². The van der Waals surface area contributed by atoms with E-state index >= 15 is 0 Å². The van der Waals surface area contributed by atoms with Gasteiger partial charge in [0.2, 0.25) is 11.7 Å². The van der Waals surface area contributed by atoms with E-state index in [0.717, 1.165) is 18.4 Å². The summed E-state index contributed by atoms with van der Waals surface area (Å²) < 4.78 is 9.98. The van der Waals surface area contributed by atoms with Crippen LogP contribution in [0, 0.1) is 28.6 Å².